The number of hydrogen-bond acceptors (Lipinski definition) is 2. The number of nitrogens with one attached hydrogen (secondary N) is 1. The summed E-state index contributed by atoms with van der Waals surface area (Å²) in [7, 11) is 0. The molecule has 2 rings (SSSR count). The van der Waals surface area contributed by atoms with Crippen LogP contribution in [0.2, 0.25) is 0 Å². The molecule has 1 aliphatic carbocycles. The average molecular weight is 310 g/mol. The van der Waals surface area contributed by atoms with Crippen molar-refractivity contribution in [3.05, 3.63) is 0 Å². The molecule has 1 aliphatic heterocycles. The van der Waals surface area contributed by atoms with Gasteiger partial charge in [-0.25, -0.2) is 0 Å². The fourth-order valence-electron chi connectivity index (χ4n) is 1.92. The fourth-order valence-corrected chi connectivity index (χ4v) is 3.58. The topological polar surface area (TPSA) is 24.4 Å². The molecule has 86 valence electrons. The van der Waals surface area contributed by atoms with E-state index in [1.54, 1.807) is 0 Å². The molecule has 1 heterocycles. The van der Waals surface area contributed by atoms with Crippen LogP contribution in [0.4, 0.5) is 0 Å². The largest absolute Gasteiger partial charge is 0.366 e. The molecule has 15 heavy (non-hydrogen) atoms. The maximum atomic E-state index is 6.20. The first-order chi connectivity index (χ1) is 7.06. The second kappa shape index (κ2) is 4.66. The number of fused-ring (bicyclic) bond motifs is 1. The summed E-state index contributed by atoms with van der Waals surface area (Å²) in [6, 6.07) is -0.208. The monoisotopic (exact) mass is 308 g/mol. The fraction of sp³-hybridized carbons (Fsp3) is 0.875. The minimum absolute atomic E-state index is 0.0691. The van der Waals surface area contributed by atoms with Gasteiger partial charge in [-0.3, -0.25) is 4.99 Å². The smallest absolute Gasteiger partial charge is 0.112 e. The Kier molecular flexibility index (Phi) is 3.84. The Balaban J connectivity index is 2.22. The molecule has 0 aromatic heterocycles. The number of rotatable bonds is 1. The van der Waals surface area contributed by atoms with Gasteiger partial charge >= 0.3 is 0 Å². The van der Waals surface area contributed by atoms with E-state index in [9.17, 15) is 0 Å². The molecule has 0 amide bonds. The second-order valence-electron chi connectivity index (χ2n) is 3.65. The number of nitrogens with zero attached hydrogens (tertiary/aromatic N) is 1. The Bertz CT molecular complexity index is 284. The molecule has 7 heteroatoms. The first-order valence-corrected chi connectivity index (χ1v) is 6.79. The Morgan fingerprint density at radius 1 is 1.00 bits per heavy atom. The van der Waals surface area contributed by atoms with Crippen LogP contribution in [0.15, 0.2) is 4.99 Å². The number of halogens is 5. The zero-order valence-corrected chi connectivity index (χ0v) is 11.3. The highest BCUT2D eigenvalue weighted by molar-refractivity contribution is 6.39. The van der Waals surface area contributed by atoms with E-state index in [0.29, 0.717) is 11.7 Å². The summed E-state index contributed by atoms with van der Waals surface area (Å²) in [4.78, 5) is 4.36. The van der Waals surface area contributed by atoms with Gasteiger partial charge < -0.3 is 5.32 Å². The standard InChI is InChI=1S/C8H9Cl5N2/c9-1-2-14-7-5(12)3(10)4(11)6(13)8(7)15-2/h3-8H,1H2,(H,14,15). The number of amidine groups is 1. The zero-order chi connectivity index (χ0) is 11.2. The van der Waals surface area contributed by atoms with Crippen LogP contribution in [-0.4, -0.2) is 45.3 Å². The van der Waals surface area contributed by atoms with Crippen LogP contribution in [0.3, 0.4) is 0 Å². The van der Waals surface area contributed by atoms with Crippen molar-refractivity contribution in [2.75, 3.05) is 5.88 Å². The summed E-state index contributed by atoms with van der Waals surface area (Å²) in [6.07, 6.45) is 0. The lowest BCUT2D eigenvalue weighted by atomic mass is 9.90. The molecule has 1 fully saturated rings. The van der Waals surface area contributed by atoms with Crippen molar-refractivity contribution in [3.63, 3.8) is 0 Å². The predicted molar refractivity (Wildman–Crippen MR) is 67.4 cm³/mol. The van der Waals surface area contributed by atoms with Crippen LogP contribution >= 0.6 is 58.0 Å². The van der Waals surface area contributed by atoms with E-state index in [0.717, 1.165) is 0 Å². The maximum Gasteiger partial charge on any atom is 0.112 e. The van der Waals surface area contributed by atoms with Crippen molar-refractivity contribution in [2.24, 2.45) is 4.99 Å². The third kappa shape index (κ3) is 2.04. The molecule has 0 aromatic carbocycles. The lowest BCUT2D eigenvalue weighted by molar-refractivity contribution is 0.405. The van der Waals surface area contributed by atoms with Crippen LogP contribution in [0.25, 0.3) is 0 Å². The van der Waals surface area contributed by atoms with Gasteiger partial charge in [0.25, 0.3) is 0 Å². The normalized spacial score (nSPS) is 49.5. The van der Waals surface area contributed by atoms with E-state index in [2.05, 4.69) is 10.3 Å². The van der Waals surface area contributed by atoms with Gasteiger partial charge in [0.2, 0.25) is 0 Å². The number of hydrogen-bond donors (Lipinski definition) is 1. The van der Waals surface area contributed by atoms with E-state index < -0.39 is 0 Å². The van der Waals surface area contributed by atoms with E-state index in [-0.39, 0.29) is 33.6 Å². The third-order valence-electron chi connectivity index (χ3n) is 2.71. The summed E-state index contributed by atoms with van der Waals surface area (Å²) in [5.41, 5.74) is 0. The molecular formula is C8H9Cl5N2. The molecule has 6 unspecified atom stereocenters. The molecule has 1 saturated carbocycles. The summed E-state index contributed by atoms with van der Waals surface area (Å²) in [5.74, 6) is 1.03. The Hall–Kier alpha value is 0.920. The molecule has 0 spiro atoms. The molecule has 0 aromatic rings. The SMILES string of the molecule is ClCC1=NC2C(Cl)C(Cl)C(Cl)C(Cl)C2N1. The molecule has 1 N–H and O–H groups in total. The lowest BCUT2D eigenvalue weighted by Crippen LogP contribution is -2.58. The van der Waals surface area contributed by atoms with Gasteiger partial charge in [-0.05, 0) is 0 Å². The summed E-state index contributed by atoms with van der Waals surface area (Å²) in [5, 5.41) is 1.78. The van der Waals surface area contributed by atoms with E-state index >= 15 is 0 Å². The summed E-state index contributed by atoms with van der Waals surface area (Å²) in [6.45, 7) is 0. The predicted octanol–water partition coefficient (Wildman–Crippen LogP) is 2.41. The minimum Gasteiger partial charge on any atom is -0.366 e. The molecule has 6 atom stereocenters. The summed E-state index contributed by atoms with van der Waals surface area (Å²) < 4.78 is 0. The number of aliphatic imine (C=N–C) groups is 1. The first-order valence-electron chi connectivity index (χ1n) is 4.51. The quantitative estimate of drug-likeness (QED) is 0.739. The van der Waals surface area contributed by atoms with Crippen molar-refractivity contribution in [1.82, 2.24) is 5.32 Å². The van der Waals surface area contributed by atoms with Crippen molar-refractivity contribution in [1.29, 1.82) is 0 Å². The molecule has 2 nitrogen and oxygen atoms in total. The highest BCUT2D eigenvalue weighted by Crippen LogP contribution is 2.38. The lowest BCUT2D eigenvalue weighted by Gasteiger charge is -2.38. The third-order valence-corrected chi connectivity index (χ3v) is 5.51. The van der Waals surface area contributed by atoms with Gasteiger partial charge in [-0.15, -0.1) is 58.0 Å². The molecule has 0 saturated heterocycles. The van der Waals surface area contributed by atoms with Crippen molar-refractivity contribution >= 4 is 63.8 Å². The van der Waals surface area contributed by atoms with Gasteiger partial charge in [0.15, 0.2) is 0 Å². The number of alkyl halides is 5. The van der Waals surface area contributed by atoms with Gasteiger partial charge in [0.1, 0.15) is 5.84 Å². The summed E-state index contributed by atoms with van der Waals surface area (Å²) >= 11 is 30.3. The van der Waals surface area contributed by atoms with Gasteiger partial charge in [-0.2, -0.15) is 0 Å². The molecule has 2 aliphatic rings. The van der Waals surface area contributed by atoms with E-state index in [1.807, 2.05) is 0 Å². The van der Waals surface area contributed by atoms with Crippen molar-refractivity contribution < 1.29 is 0 Å². The van der Waals surface area contributed by atoms with Crippen LogP contribution in [-0.2, 0) is 0 Å². The molecular weight excluding hydrogens is 301 g/mol. The maximum absolute atomic E-state index is 6.20. The second-order valence-corrected chi connectivity index (χ2v) is 5.93. The Morgan fingerprint density at radius 3 is 2.20 bits per heavy atom. The first kappa shape index (κ1) is 12.4. The van der Waals surface area contributed by atoms with Crippen LogP contribution < -0.4 is 5.32 Å². The van der Waals surface area contributed by atoms with Crippen LogP contribution in [0.1, 0.15) is 0 Å². The van der Waals surface area contributed by atoms with Gasteiger partial charge in [0.05, 0.1) is 39.5 Å². The molecule has 0 bridgehead atoms. The highest BCUT2D eigenvalue weighted by atomic mass is 35.5. The molecule has 0 radical (unpaired) electrons. The average Bonchev–Trinajstić information content (AvgIpc) is 2.67. The van der Waals surface area contributed by atoms with E-state index in [4.69, 9.17) is 58.0 Å². The van der Waals surface area contributed by atoms with Gasteiger partial charge in [0, 0.05) is 0 Å². The van der Waals surface area contributed by atoms with E-state index in [1.165, 1.54) is 0 Å². The van der Waals surface area contributed by atoms with Crippen molar-refractivity contribution in [2.45, 2.75) is 33.6 Å². The highest BCUT2D eigenvalue weighted by Gasteiger charge is 2.50. The minimum atomic E-state index is -0.377. The zero-order valence-electron chi connectivity index (χ0n) is 7.51. The van der Waals surface area contributed by atoms with Gasteiger partial charge in [-0.1, -0.05) is 0 Å². The van der Waals surface area contributed by atoms with Crippen LogP contribution in [0, 0.1) is 0 Å². The van der Waals surface area contributed by atoms with Crippen LogP contribution in [0.5, 0.6) is 0 Å². The Labute approximate surface area is 113 Å². The van der Waals surface area contributed by atoms with Crippen molar-refractivity contribution in [3.8, 4) is 0 Å². The Morgan fingerprint density at radius 2 is 1.60 bits per heavy atom.